The molecule has 2 rings (SSSR count). The Bertz CT molecular complexity index is 737. The van der Waals surface area contributed by atoms with Crippen LogP contribution >= 0.6 is 24.0 Å². The Labute approximate surface area is 171 Å². The highest BCUT2D eigenvalue weighted by Crippen LogP contribution is 2.27. The number of rotatable bonds is 7. The third-order valence-electron chi connectivity index (χ3n) is 3.58. The minimum absolute atomic E-state index is 0. The first-order valence-corrected chi connectivity index (χ1v) is 7.91. The monoisotopic (exact) mass is 471 g/mol. The number of pyridine rings is 1. The maximum Gasteiger partial charge on any atom is 0.189 e. The number of methoxy groups -OCH3 is 2. The zero-order valence-electron chi connectivity index (χ0n) is 15.5. The van der Waals surface area contributed by atoms with Gasteiger partial charge in [-0.2, -0.15) is 0 Å². The number of hydrogen-bond acceptors (Lipinski definition) is 5. The van der Waals surface area contributed by atoms with Crippen molar-refractivity contribution in [3.8, 4) is 11.5 Å². The molecule has 26 heavy (non-hydrogen) atoms. The topological polar surface area (TPSA) is 85.0 Å². The van der Waals surface area contributed by atoms with E-state index in [-0.39, 0.29) is 24.0 Å². The molecule has 0 radical (unpaired) electrons. The van der Waals surface area contributed by atoms with Crippen LogP contribution in [0.3, 0.4) is 0 Å². The molecule has 0 bridgehead atoms. The SMILES string of the molecule is COc1ccc(CN=C(N)NCc2cccc(N(C)C)n2)cc1OC.I. The highest BCUT2D eigenvalue weighted by molar-refractivity contribution is 14.0. The zero-order valence-corrected chi connectivity index (χ0v) is 17.9. The van der Waals surface area contributed by atoms with E-state index in [0.29, 0.717) is 30.5 Å². The van der Waals surface area contributed by atoms with Crippen LogP contribution in [0.1, 0.15) is 11.3 Å². The molecule has 0 aliphatic carbocycles. The molecule has 1 aromatic carbocycles. The van der Waals surface area contributed by atoms with Gasteiger partial charge in [-0.3, -0.25) is 0 Å². The maximum absolute atomic E-state index is 5.94. The average molecular weight is 471 g/mol. The Morgan fingerprint density at radius 3 is 2.54 bits per heavy atom. The molecule has 0 unspecified atom stereocenters. The van der Waals surface area contributed by atoms with Crippen LogP contribution in [-0.2, 0) is 13.1 Å². The molecule has 1 aromatic heterocycles. The summed E-state index contributed by atoms with van der Waals surface area (Å²) in [5.41, 5.74) is 7.82. The van der Waals surface area contributed by atoms with Crippen LogP contribution in [-0.4, -0.2) is 39.3 Å². The fourth-order valence-electron chi connectivity index (χ4n) is 2.21. The second kappa shape index (κ2) is 10.7. The van der Waals surface area contributed by atoms with Crippen LogP contribution in [0, 0.1) is 0 Å². The molecule has 0 atom stereocenters. The second-order valence-corrected chi connectivity index (χ2v) is 5.63. The van der Waals surface area contributed by atoms with Crippen LogP contribution in [0.4, 0.5) is 5.82 Å². The van der Waals surface area contributed by atoms with E-state index in [2.05, 4.69) is 15.3 Å². The lowest BCUT2D eigenvalue weighted by Gasteiger charge is -2.12. The summed E-state index contributed by atoms with van der Waals surface area (Å²) in [7, 11) is 7.13. The standard InChI is InChI=1S/C18H25N5O2.HI/c1-23(2)17-7-5-6-14(22-17)12-21-18(19)20-11-13-8-9-15(24-3)16(10-13)25-4;/h5-10H,11-12H2,1-4H3,(H3,19,20,21);1H. The number of guanidine groups is 1. The molecular formula is C18H26IN5O2. The van der Waals surface area contributed by atoms with Gasteiger partial charge in [0.15, 0.2) is 17.5 Å². The van der Waals surface area contributed by atoms with E-state index in [9.17, 15) is 0 Å². The van der Waals surface area contributed by atoms with Gasteiger partial charge in [-0.15, -0.1) is 24.0 Å². The lowest BCUT2D eigenvalue weighted by Crippen LogP contribution is -2.31. The van der Waals surface area contributed by atoms with Crippen molar-refractivity contribution in [2.45, 2.75) is 13.1 Å². The fourth-order valence-corrected chi connectivity index (χ4v) is 2.21. The van der Waals surface area contributed by atoms with Gasteiger partial charge >= 0.3 is 0 Å². The summed E-state index contributed by atoms with van der Waals surface area (Å²) in [6.45, 7) is 0.966. The summed E-state index contributed by atoms with van der Waals surface area (Å²) < 4.78 is 10.5. The minimum atomic E-state index is 0. The van der Waals surface area contributed by atoms with Crippen molar-refractivity contribution in [1.29, 1.82) is 0 Å². The largest absolute Gasteiger partial charge is 0.493 e. The first-order valence-electron chi connectivity index (χ1n) is 7.91. The normalized spacial score (nSPS) is 10.7. The number of nitrogens with one attached hydrogen (secondary N) is 1. The van der Waals surface area contributed by atoms with Gasteiger partial charge in [0, 0.05) is 14.1 Å². The number of hydrogen-bond donors (Lipinski definition) is 2. The molecule has 0 spiro atoms. The molecule has 0 saturated heterocycles. The van der Waals surface area contributed by atoms with Crippen molar-refractivity contribution >= 4 is 35.8 Å². The van der Waals surface area contributed by atoms with Crippen molar-refractivity contribution in [1.82, 2.24) is 10.3 Å². The average Bonchev–Trinajstić information content (AvgIpc) is 2.64. The van der Waals surface area contributed by atoms with Crippen LogP contribution in [0.5, 0.6) is 11.5 Å². The summed E-state index contributed by atoms with van der Waals surface area (Å²) in [5.74, 6) is 2.63. The van der Waals surface area contributed by atoms with E-state index in [0.717, 1.165) is 17.1 Å². The summed E-state index contributed by atoms with van der Waals surface area (Å²) in [6, 6.07) is 11.5. The van der Waals surface area contributed by atoms with Crippen molar-refractivity contribution in [2.24, 2.45) is 10.7 Å². The number of nitrogens with zero attached hydrogens (tertiary/aromatic N) is 3. The number of nitrogens with two attached hydrogens (primary N) is 1. The lowest BCUT2D eigenvalue weighted by molar-refractivity contribution is 0.354. The van der Waals surface area contributed by atoms with Crippen molar-refractivity contribution in [3.63, 3.8) is 0 Å². The number of anilines is 1. The smallest absolute Gasteiger partial charge is 0.189 e. The predicted octanol–water partition coefficient (Wildman–Crippen LogP) is 2.39. The summed E-state index contributed by atoms with van der Waals surface area (Å²) in [6.07, 6.45) is 0. The molecule has 0 amide bonds. The third-order valence-corrected chi connectivity index (χ3v) is 3.58. The van der Waals surface area contributed by atoms with Crippen molar-refractivity contribution in [3.05, 3.63) is 47.7 Å². The highest BCUT2D eigenvalue weighted by Gasteiger charge is 2.04. The first-order chi connectivity index (χ1) is 12.0. The van der Waals surface area contributed by atoms with Gasteiger partial charge in [-0.05, 0) is 29.8 Å². The molecule has 1 heterocycles. The van der Waals surface area contributed by atoms with E-state index in [1.165, 1.54) is 0 Å². The Balaban J connectivity index is 0.00000338. The fraction of sp³-hybridized carbons (Fsp3) is 0.333. The zero-order chi connectivity index (χ0) is 18.2. The number of benzene rings is 1. The molecule has 0 saturated carbocycles. The van der Waals surface area contributed by atoms with Crippen LogP contribution in [0.25, 0.3) is 0 Å². The van der Waals surface area contributed by atoms with E-state index < -0.39 is 0 Å². The van der Waals surface area contributed by atoms with Crippen molar-refractivity contribution < 1.29 is 9.47 Å². The molecule has 0 aliphatic rings. The maximum atomic E-state index is 5.94. The Morgan fingerprint density at radius 2 is 1.88 bits per heavy atom. The van der Waals surface area contributed by atoms with Gasteiger partial charge in [-0.25, -0.2) is 9.98 Å². The summed E-state index contributed by atoms with van der Waals surface area (Å²) >= 11 is 0. The molecule has 8 heteroatoms. The van der Waals surface area contributed by atoms with Gasteiger partial charge in [0.2, 0.25) is 0 Å². The summed E-state index contributed by atoms with van der Waals surface area (Å²) in [5, 5.41) is 3.08. The second-order valence-electron chi connectivity index (χ2n) is 5.63. The van der Waals surface area contributed by atoms with Gasteiger partial charge in [0.1, 0.15) is 5.82 Å². The first kappa shape index (κ1) is 21.8. The highest BCUT2D eigenvalue weighted by atomic mass is 127. The predicted molar refractivity (Wildman–Crippen MR) is 116 cm³/mol. The Morgan fingerprint density at radius 1 is 1.15 bits per heavy atom. The molecule has 0 aliphatic heterocycles. The van der Waals surface area contributed by atoms with Crippen LogP contribution in [0.15, 0.2) is 41.4 Å². The minimum Gasteiger partial charge on any atom is -0.493 e. The van der Waals surface area contributed by atoms with Gasteiger partial charge in [0.05, 0.1) is 33.0 Å². The molecular weight excluding hydrogens is 445 g/mol. The molecule has 7 nitrogen and oxygen atoms in total. The lowest BCUT2D eigenvalue weighted by atomic mass is 10.2. The van der Waals surface area contributed by atoms with Crippen LogP contribution in [0.2, 0.25) is 0 Å². The number of ether oxygens (including phenoxy) is 2. The summed E-state index contributed by atoms with van der Waals surface area (Å²) in [4.78, 5) is 10.8. The van der Waals surface area contributed by atoms with Gasteiger partial charge in [0.25, 0.3) is 0 Å². The Kier molecular flexibility index (Phi) is 8.97. The van der Waals surface area contributed by atoms with E-state index >= 15 is 0 Å². The van der Waals surface area contributed by atoms with E-state index in [1.807, 2.05) is 55.4 Å². The van der Waals surface area contributed by atoms with E-state index in [1.54, 1.807) is 14.2 Å². The molecule has 0 fully saturated rings. The quantitative estimate of drug-likeness (QED) is 0.367. The van der Waals surface area contributed by atoms with Gasteiger partial charge < -0.3 is 25.4 Å². The molecule has 3 N–H and O–H groups in total. The number of aromatic nitrogens is 1. The third kappa shape index (κ3) is 6.25. The van der Waals surface area contributed by atoms with Gasteiger partial charge in [-0.1, -0.05) is 12.1 Å². The van der Waals surface area contributed by atoms with Crippen molar-refractivity contribution in [2.75, 3.05) is 33.2 Å². The number of halogens is 1. The van der Waals surface area contributed by atoms with E-state index in [4.69, 9.17) is 15.2 Å². The van der Waals surface area contributed by atoms with Crippen LogP contribution < -0.4 is 25.4 Å². The molecule has 2 aromatic rings. The molecule has 142 valence electrons. The number of aliphatic imine (C=N–C) groups is 1. The Hall–Kier alpha value is -2.23.